The van der Waals surface area contributed by atoms with Gasteiger partial charge in [0.2, 0.25) is 5.75 Å². The van der Waals surface area contributed by atoms with Crippen LogP contribution in [0.1, 0.15) is 28.3 Å². The number of methoxy groups -OCH3 is 1. The van der Waals surface area contributed by atoms with Crippen molar-refractivity contribution in [3.8, 4) is 5.75 Å². The fraction of sp³-hybridized carbons (Fsp3) is 0.385. The normalized spacial score (nSPS) is 12.2. The zero-order valence-corrected chi connectivity index (χ0v) is 12.3. The first-order valence-corrected chi connectivity index (χ1v) is 6.82. The maximum atomic E-state index is 5.77. The van der Waals surface area contributed by atoms with Crippen molar-refractivity contribution in [3.63, 3.8) is 0 Å². The van der Waals surface area contributed by atoms with Gasteiger partial charge in [-0.1, -0.05) is 0 Å². The molecule has 0 amide bonds. The van der Waals surface area contributed by atoms with Crippen LogP contribution in [0.5, 0.6) is 5.75 Å². The molecule has 2 heterocycles. The van der Waals surface area contributed by atoms with Gasteiger partial charge >= 0.3 is 0 Å². The van der Waals surface area contributed by atoms with Gasteiger partial charge in [0.1, 0.15) is 6.33 Å². The summed E-state index contributed by atoms with van der Waals surface area (Å²) >= 11 is 1.79. The van der Waals surface area contributed by atoms with Crippen molar-refractivity contribution < 1.29 is 4.74 Å². The van der Waals surface area contributed by atoms with Crippen molar-refractivity contribution in [2.75, 3.05) is 18.2 Å². The summed E-state index contributed by atoms with van der Waals surface area (Å²) in [6.45, 7) is 6.32. The van der Waals surface area contributed by atoms with Crippen LogP contribution in [0.3, 0.4) is 0 Å². The summed E-state index contributed by atoms with van der Waals surface area (Å²) < 4.78 is 5.24. The van der Waals surface area contributed by atoms with Gasteiger partial charge in [-0.2, -0.15) is 0 Å². The molecule has 0 saturated carbocycles. The Kier molecular flexibility index (Phi) is 3.90. The Labute approximate surface area is 116 Å². The summed E-state index contributed by atoms with van der Waals surface area (Å²) in [4.78, 5) is 10.7. The average molecular weight is 278 g/mol. The summed E-state index contributed by atoms with van der Waals surface area (Å²) in [7, 11) is 1.56. The van der Waals surface area contributed by atoms with E-state index in [4.69, 9.17) is 10.5 Å². The van der Waals surface area contributed by atoms with Crippen LogP contribution in [0.4, 0.5) is 11.6 Å². The summed E-state index contributed by atoms with van der Waals surface area (Å²) in [5.41, 5.74) is 7.03. The largest absolute Gasteiger partial charge is 0.490 e. The second-order valence-electron chi connectivity index (χ2n) is 4.38. The van der Waals surface area contributed by atoms with Crippen LogP contribution in [0.25, 0.3) is 0 Å². The molecule has 0 spiro atoms. The lowest BCUT2D eigenvalue weighted by Crippen LogP contribution is -2.10. The van der Waals surface area contributed by atoms with Crippen LogP contribution >= 0.6 is 11.3 Å². The number of nitrogens with zero attached hydrogens (tertiary/aromatic N) is 2. The summed E-state index contributed by atoms with van der Waals surface area (Å²) in [5.74, 6) is 1.44. The highest BCUT2D eigenvalue weighted by Gasteiger charge is 2.15. The van der Waals surface area contributed by atoms with Gasteiger partial charge in [0.05, 0.1) is 13.2 Å². The lowest BCUT2D eigenvalue weighted by atomic mass is 10.1. The van der Waals surface area contributed by atoms with E-state index in [9.17, 15) is 0 Å². The molecule has 3 N–H and O–H groups in total. The predicted octanol–water partition coefficient (Wildman–Crippen LogP) is 2.92. The van der Waals surface area contributed by atoms with Gasteiger partial charge < -0.3 is 15.8 Å². The highest BCUT2D eigenvalue weighted by Crippen LogP contribution is 2.32. The van der Waals surface area contributed by atoms with E-state index in [1.54, 1.807) is 18.4 Å². The van der Waals surface area contributed by atoms with Crippen LogP contribution in [-0.4, -0.2) is 17.1 Å². The number of rotatable bonds is 4. The molecule has 0 radical (unpaired) electrons. The van der Waals surface area contributed by atoms with E-state index in [-0.39, 0.29) is 6.04 Å². The summed E-state index contributed by atoms with van der Waals surface area (Å²) in [6, 6.07) is 2.32. The molecule has 19 heavy (non-hydrogen) atoms. The van der Waals surface area contributed by atoms with Gasteiger partial charge in [-0.25, -0.2) is 9.97 Å². The minimum Gasteiger partial charge on any atom is -0.490 e. The topological polar surface area (TPSA) is 73.1 Å². The van der Waals surface area contributed by atoms with Gasteiger partial charge in [-0.3, -0.25) is 0 Å². The molecule has 5 nitrogen and oxygen atoms in total. The van der Waals surface area contributed by atoms with Gasteiger partial charge in [-0.05, 0) is 32.4 Å². The first-order chi connectivity index (χ1) is 9.02. The second-order valence-corrected chi connectivity index (χ2v) is 5.84. The fourth-order valence-corrected chi connectivity index (χ4v) is 3.08. The van der Waals surface area contributed by atoms with Crippen LogP contribution in [0.2, 0.25) is 0 Å². The van der Waals surface area contributed by atoms with E-state index in [0.29, 0.717) is 17.4 Å². The maximum Gasteiger partial charge on any atom is 0.203 e. The molecule has 102 valence electrons. The van der Waals surface area contributed by atoms with E-state index in [2.05, 4.69) is 42.1 Å². The van der Waals surface area contributed by atoms with Crippen molar-refractivity contribution in [1.82, 2.24) is 9.97 Å². The van der Waals surface area contributed by atoms with Gasteiger partial charge in [-0.15, -0.1) is 11.3 Å². The van der Waals surface area contributed by atoms with E-state index in [1.165, 1.54) is 21.6 Å². The molecular formula is C13H18N4OS. The number of nitrogens with one attached hydrogen (secondary N) is 1. The number of aryl methyl sites for hydroxylation is 2. The molecule has 0 fully saturated rings. The highest BCUT2D eigenvalue weighted by molar-refractivity contribution is 7.12. The molecule has 2 aromatic heterocycles. The lowest BCUT2D eigenvalue weighted by molar-refractivity contribution is 0.415. The number of ether oxygens (including phenoxy) is 1. The molecule has 1 atom stereocenters. The number of thiophene rings is 1. The van der Waals surface area contributed by atoms with Crippen LogP contribution in [-0.2, 0) is 0 Å². The van der Waals surface area contributed by atoms with Crippen molar-refractivity contribution >= 4 is 23.0 Å². The van der Waals surface area contributed by atoms with Crippen LogP contribution in [0, 0.1) is 13.8 Å². The highest BCUT2D eigenvalue weighted by atomic mass is 32.1. The second kappa shape index (κ2) is 5.44. The molecule has 2 aromatic rings. The van der Waals surface area contributed by atoms with Crippen molar-refractivity contribution in [3.05, 3.63) is 27.7 Å². The zero-order chi connectivity index (χ0) is 14.0. The number of hydrogen-bond donors (Lipinski definition) is 2. The Hall–Kier alpha value is -1.82. The molecule has 0 aliphatic carbocycles. The molecule has 6 heteroatoms. The molecule has 0 aliphatic heterocycles. The first-order valence-electron chi connectivity index (χ1n) is 6.00. The molecule has 0 aliphatic rings. The fourth-order valence-electron chi connectivity index (χ4n) is 2.05. The van der Waals surface area contributed by atoms with E-state index >= 15 is 0 Å². The predicted molar refractivity (Wildman–Crippen MR) is 78.8 cm³/mol. The minimum atomic E-state index is 0.133. The third-order valence-electron chi connectivity index (χ3n) is 2.93. The lowest BCUT2D eigenvalue weighted by Gasteiger charge is -2.17. The van der Waals surface area contributed by atoms with Crippen LogP contribution in [0.15, 0.2) is 12.4 Å². The maximum absolute atomic E-state index is 5.77. The minimum absolute atomic E-state index is 0.133. The number of aromatic nitrogens is 2. The van der Waals surface area contributed by atoms with E-state index < -0.39 is 0 Å². The van der Waals surface area contributed by atoms with Crippen molar-refractivity contribution in [2.45, 2.75) is 26.8 Å². The molecule has 0 aromatic carbocycles. The van der Waals surface area contributed by atoms with E-state index in [0.717, 1.165) is 0 Å². The first kappa shape index (κ1) is 13.6. The summed E-state index contributed by atoms with van der Waals surface area (Å²) in [6.07, 6.45) is 1.43. The SMILES string of the molecule is COc1c(N)ncnc1NC(C)c1cc(C)sc1C. The van der Waals surface area contributed by atoms with Crippen molar-refractivity contribution in [1.29, 1.82) is 0 Å². The zero-order valence-electron chi connectivity index (χ0n) is 11.5. The quantitative estimate of drug-likeness (QED) is 0.899. The Bertz CT molecular complexity index is 582. The van der Waals surface area contributed by atoms with Gasteiger partial charge in [0.15, 0.2) is 11.6 Å². The number of hydrogen-bond acceptors (Lipinski definition) is 6. The van der Waals surface area contributed by atoms with Gasteiger partial charge in [0.25, 0.3) is 0 Å². The average Bonchev–Trinajstić information content (AvgIpc) is 2.69. The molecule has 1 unspecified atom stereocenters. The Morgan fingerprint density at radius 1 is 1.37 bits per heavy atom. The van der Waals surface area contributed by atoms with E-state index in [1.807, 2.05) is 0 Å². The summed E-state index contributed by atoms with van der Waals surface area (Å²) in [5, 5.41) is 3.32. The Morgan fingerprint density at radius 3 is 2.68 bits per heavy atom. The number of anilines is 2. The van der Waals surface area contributed by atoms with Gasteiger partial charge in [0, 0.05) is 9.75 Å². The molecule has 0 saturated heterocycles. The Balaban J connectivity index is 2.26. The third kappa shape index (κ3) is 2.78. The third-order valence-corrected chi connectivity index (χ3v) is 3.92. The molecular weight excluding hydrogens is 260 g/mol. The van der Waals surface area contributed by atoms with Crippen molar-refractivity contribution in [2.24, 2.45) is 0 Å². The monoisotopic (exact) mass is 278 g/mol. The number of nitrogen functional groups attached to an aromatic ring is 1. The Morgan fingerprint density at radius 2 is 2.11 bits per heavy atom. The number of nitrogens with two attached hydrogens (primary N) is 1. The molecule has 2 rings (SSSR count). The van der Waals surface area contributed by atoms with Crippen LogP contribution < -0.4 is 15.8 Å². The standard InChI is InChI=1S/C13H18N4OS/c1-7-5-10(9(3)19-7)8(2)17-13-11(18-4)12(14)15-6-16-13/h5-6,8H,1-4H3,(H3,14,15,16,17). The smallest absolute Gasteiger partial charge is 0.203 e. The molecule has 0 bridgehead atoms.